The molecule has 16 heavy (non-hydrogen) atoms. The average Bonchev–Trinajstić information content (AvgIpc) is 2.27. The summed E-state index contributed by atoms with van der Waals surface area (Å²) in [6, 6.07) is 5.12. The van der Waals surface area contributed by atoms with Crippen molar-refractivity contribution in [1.82, 2.24) is 5.43 Å². The summed E-state index contributed by atoms with van der Waals surface area (Å²) < 4.78 is 14.3. The molecular formula is C11H15BrClFN2. The number of rotatable bonds is 6. The van der Waals surface area contributed by atoms with E-state index in [4.69, 9.17) is 17.4 Å². The lowest BCUT2D eigenvalue weighted by Crippen LogP contribution is -2.37. The molecule has 2 nitrogen and oxygen atoms in total. The zero-order chi connectivity index (χ0) is 12.0. The highest BCUT2D eigenvalue weighted by Gasteiger charge is 2.10. The van der Waals surface area contributed by atoms with Gasteiger partial charge < -0.3 is 0 Å². The van der Waals surface area contributed by atoms with Crippen molar-refractivity contribution in [3.8, 4) is 0 Å². The number of hydrogen-bond donors (Lipinski definition) is 2. The third kappa shape index (κ3) is 4.37. The second-order valence-corrected chi connectivity index (χ2v) is 4.93. The summed E-state index contributed by atoms with van der Waals surface area (Å²) in [6.45, 7) is 0. The number of nitrogens with one attached hydrogen (secondary N) is 1. The maximum Gasteiger partial charge on any atom is 0.127 e. The number of benzene rings is 1. The van der Waals surface area contributed by atoms with E-state index in [9.17, 15) is 4.39 Å². The van der Waals surface area contributed by atoms with Crippen LogP contribution in [0.5, 0.6) is 0 Å². The van der Waals surface area contributed by atoms with Crippen molar-refractivity contribution in [2.45, 2.75) is 25.3 Å². The molecule has 0 heterocycles. The summed E-state index contributed by atoms with van der Waals surface area (Å²) in [6.07, 6.45) is 2.29. The van der Waals surface area contributed by atoms with Gasteiger partial charge in [0, 0.05) is 16.4 Å². The number of hydrogen-bond acceptors (Lipinski definition) is 2. The van der Waals surface area contributed by atoms with Crippen LogP contribution in [0.25, 0.3) is 0 Å². The maximum atomic E-state index is 13.5. The molecule has 3 N–H and O–H groups in total. The Hall–Kier alpha value is -0.160. The monoisotopic (exact) mass is 308 g/mol. The van der Waals surface area contributed by atoms with E-state index in [1.54, 1.807) is 6.07 Å². The topological polar surface area (TPSA) is 38.0 Å². The van der Waals surface area contributed by atoms with Crippen LogP contribution in [-0.2, 0) is 6.42 Å². The van der Waals surface area contributed by atoms with Crippen molar-refractivity contribution >= 4 is 27.5 Å². The number of alkyl halides is 1. The van der Waals surface area contributed by atoms with Gasteiger partial charge in [-0.3, -0.25) is 11.3 Å². The first-order valence-corrected chi connectivity index (χ1v) is 6.46. The zero-order valence-corrected chi connectivity index (χ0v) is 11.2. The van der Waals surface area contributed by atoms with Crippen molar-refractivity contribution in [1.29, 1.82) is 0 Å². The minimum absolute atomic E-state index is 0.0643. The molecule has 90 valence electrons. The van der Waals surface area contributed by atoms with E-state index in [0.717, 1.165) is 17.3 Å². The van der Waals surface area contributed by atoms with Crippen molar-refractivity contribution in [3.63, 3.8) is 0 Å². The second-order valence-electron chi connectivity index (χ2n) is 3.63. The number of halogens is 3. The molecule has 1 aromatic rings. The van der Waals surface area contributed by atoms with Gasteiger partial charge in [-0.05, 0) is 37.0 Å². The van der Waals surface area contributed by atoms with Crippen LogP contribution in [0.1, 0.15) is 18.4 Å². The molecule has 0 fully saturated rings. The quantitative estimate of drug-likeness (QED) is 0.482. The van der Waals surface area contributed by atoms with E-state index in [0.29, 0.717) is 17.9 Å². The van der Waals surface area contributed by atoms with Crippen LogP contribution in [0.15, 0.2) is 22.7 Å². The van der Waals surface area contributed by atoms with E-state index >= 15 is 0 Å². The predicted octanol–water partition coefficient (Wildman–Crippen LogP) is 2.98. The first kappa shape index (κ1) is 13.9. The van der Waals surface area contributed by atoms with Crippen molar-refractivity contribution in [2.24, 2.45) is 5.84 Å². The predicted molar refractivity (Wildman–Crippen MR) is 68.9 cm³/mol. The largest absolute Gasteiger partial charge is 0.271 e. The van der Waals surface area contributed by atoms with Crippen LogP contribution < -0.4 is 11.3 Å². The maximum absolute atomic E-state index is 13.5. The van der Waals surface area contributed by atoms with E-state index in [2.05, 4.69) is 21.4 Å². The van der Waals surface area contributed by atoms with Gasteiger partial charge in [-0.1, -0.05) is 22.0 Å². The lowest BCUT2D eigenvalue weighted by Gasteiger charge is -2.15. The van der Waals surface area contributed by atoms with Gasteiger partial charge in [0.15, 0.2) is 0 Å². The lowest BCUT2D eigenvalue weighted by atomic mass is 10.0. The Balaban J connectivity index is 2.62. The molecule has 1 unspecified atom stereocenters. The summed E-state index contributed by atoms with van der Waals surface area (Å²) in [5.74, 6) is 5.81. The first-order chi connectivity index (χ1) is 7.67. The van der Waals surface area contributed by atoms with Gasteiger partial charge >= 0.3 is 0 Å². The molecule has 1 rings (SSSR count). The van der Waals surface area contributed by atoms with Gasteiger partial charge in [-0.15, -0.1) is 11.6 Å². The highest BCUT2D eigenvalue weighted by molar-refractivity contribution is 9.10. The molecule has 1 atom stereocenters. The SMILES string of the molecule is NNC(CCCCl)Cc1ccc(Br)cc1F. The summed E-state index contributed by atoms with van der Waals surface area (Å²) in [5, 5.41) is 0. The van der Waals surface area contributed by atoms with E-state index < -0.39 is 0 Å². The van der Waals surface area contributed by atoms with Gasteiger partial charge in [0.1, 0.15) is 5.82 Å². The van der Waals surface area contributed by atoms with Crippen molar-refractivity contribution in [2.75, 3.05) is 5.88 Å². The average molecular weight is 310 g/mol. The van der Waals surface area contributed by atoms with Gasteiger partial charge in [-0.25, -0.2) is 4.39 Å². The Morgan fingerprint density at radius 2 is 2.25 bits per heavy atom. The Morgan fingerprint density at radius 1 is 1.50 bits per heavy atom. The molecular weight excluding hydrogens is 294 g/mol. The fraction of sp³-hybridized carbons (Fsp3) is 0.455. The van der Waals surface area contributed by atoms with E-state index in [-0.39, 0.29) is 11.9 Å². The minimum Gasteiger partial charge on any atom is -0.271 e. The Kier molecular flexibility index (Phi) is 6.28. The van der Waals surface area contributed by atoms with Gasteiger partial charge in [-0.2, -0.15) is 0 Å². The summed E-state index contributed by atoms with van der Waals surface area (Å²) in [4.78, 5) is 0. The lowest BCUT2D eigenvalue weighted by molar-refractivity contribution is 0.476. The van der Waals surface area contributed by atoms with E-state index in [1.807, 2.05) is 6.07 Å². The highest BCUT2D eigenvalue weighted by atomic mass is 79.9. The molecule has 0 bridgehead atoms. The normalized spacial score (nSPS) is 12.8. The third-order valence-corrected chi connectivity index (χ3v) is 3.16. The fourth-order valence-corrected chi connectivity index (χ4v) is 2.01. The molecule has 0 aromatic heterocycles. The molecule has 0 aliphatic rings. The third-order valence-electron chi connectivity index (χ3n) is 2.40. The standard InChI is InChI=1S/C11H15BrClFN2/c12-9-4-3-8(11(14)7-9)6-10(16-15)2-1-5-13/h3-4,7,10,16H,1-2,5-6,15H2. The van der Waals surface area contributed by atoms with Crippen LogP contribution >= 0.6 is 27.5 Å². The molecule has 0 saturated heterocycles. The number of nitrogens with two attached hydrogens (primary N) is 1. The van der Waals surface area contributed by atoms with Crippen LogP contribution in [0, 0.1) is 5.82 Å². The van der Waals surface area contributed by atoms with Gasteiger partial charge in [0.2, 0.25) is 0 Å². The van der Waals surface area contributed by atoms with Crippen LogP contribution in [0.2, 0.25) is 0 Å². The van der Waals surface area contributed by atoms with E-state index in [1.165, 1.54) is 6.07 Å². The molecule has 0 amide bonds. The Morgan fingerprint density at radius 3 is 2.81 bits per heavy atom. The molecule has 0 aliphatic heterocycles. The van der Waals surface area contributed by atoms with Gasteiger partial charge in [0.25, 0.3) is 0 Å². The summed E-state index contributed by atoms with van der Waals surface area (Å²) in [7, 11) is 0. The first-order valence-electron chi connectivity index (χ1n) is 5.13. The molecule has 5 heteroatoms. The summed E-state index contributed by atoms with van der Waals surface area (Å²) in [5.41, 5.74) is 3.36. The second kappa shape index (κ2) is 7.22. The minimum atomic E-state index is -0.208. The number of hydrazine groups is 1. The van der Waals surface area contributed by atoms with Crippen LogP contribution in [0.3, 0.4) is 0 Å². The molecule has 0 aliphatic carbocycles. The Bertz CT molecular complexity index is 336. The van der Waals surface area contributed by atoms with Crippen molar-refractivity contribution in [3.05, 3.63) is 34.1 Å². The zero-order valence-electron chi connectivity index (χ0n) is 8.85. The van der Waals surface area contributed by atoms with Gasteiger partial charge in [0.05, 0.1) is 0 Å². The molecule has 0 radical (unpaired) electrons. The molecule has 0 spiro atoms. The van der Waals surface area contributed by atoms with Crippen LogP contribution in [0.4, 0.5) is 4.39 Å². The molecule has 0 saturated carbocycles. The Labute approximate surface area is 108 Å². The highest BCUT2D eigenvalue weighted by Crippen LogP contribution is 2.17. The molecule has 1 aromatic carbocycles. The fourth-order valence-electron chi connectivity index (χ4n) is 1.52. The smallest absolute Gasteiger partial charge is 0.127 e. The summed E-state index contributed by atoms with van der Waals surface area (Å²) >= 11 is 8.83. The van der Waals surface area contributed by atoms with Crippen molar-refractivity contribution < 1.29 is 4.39 Å². The van der Waals surface area contributed by atoms with Crippen LogP contribution in [-0.4, -0.2) is 11.9 Å².